The van der Waals surface area contributed by atoms with E-state index in [1.165, 1.54) is 21.7 Å². The number of rotatable bonds is 3. The number of hydrogen-bond acceptors (Lipinski definition) is 3. The van der Waals surface area contributed by atoms with Crippen molar-refractivity contribution in [3.8, 4) is 0 Å². The maximum absolute atomic E-state index is 14.0. The van der Waals surface area contributed by atoms with Crippen molar-refractivity contribution in [2.24, 2.45) is 0 Å². The molecule has 3 rings (SSSR count). The summed E-state index contributed by atoms with van der Waals surface area (Å²) in [5, 5.41) is 0. The van der Waals surface area contributed by atoms with Crippen LogP contribution in [0.5, 0.6) is 0 Å². The molecule has 1 saturated heterocycles. The molecule has 0 N–H and O–H groups in total. The van der Waals surface area contributed by atoms with Crippen molar-refractivity contribution < 1.29 is 12.8 Å². The van der Waals surface area contributed by atoms with E-state index in [2.05, 4.69) is 15.9 Å². The molecule has 0 unspecified atom stereocenters. The lowest BCUT2D eigenvalue weighted by molar-refractivity contribution is 0.387. The van der Waals surface area contributed by atoms with Gasteiger partial charge in [-0.15, -0.1) is 11.3 Å². The van der Waals surface area contributed by atoms with E-state index in [0.29, 0.717) is 18.5 Å². The normalized spacial score (nSPS) is 20.0. The monoisotopic (exact) mass is 389 g/mol. The predicted molar refractivity (Wildman–Crippen MR) is 84.3 cm³/mol. The highest BCUT2D eigenvalue weighted by molar-refractivity contribution is 9.11. The van der Waals surface area contributed by atoms with Gasteiger partial charge >= 0.3 is 0 Å². The molecule has 0 saturated carbocycles. The van der Waals surface area contributed by atoms with Gasteiger partial charge in [0.05, 0.1) is 9.83 Å². The van der Waals surface area contributed by atoms with Crippen molar-refractivity contribution in [2.45, 2.75) is 23.1 Å². The topological polar surface area (TPSA) is 37.4 Å². The number of hydrogen-bond donors (Lipinski definition) is 0. The minimum Gasteiger partial charge on any atom is -0.207 e. The quantitative estimate of drug-likeness (QED) is 0.789. The summed E-state index contributed by atoms with van der Waals surface area (Å²) >= 11 is 4.46. The number of benzene rings is 1. The van der Waals surface area contributed by atoms with Crippen LogP contribution < -0.4 is 0 Å². The van der Waals surface area contributed by atoms with Gasteiger partial charge in [0, 0.05) is 12.1 Å². The summed E-state index contributed by atoms with van der Waals surface area (Å²) in [5.41, 5.74) is 0.453. The van der Waals surface area contributed by atoms with E-state index in [1.807, 2.05) is 0 Å². The van der Waals surface area contributed by atoms with Gasteiger partial charge < -0.3 is 0 Å². The van der Waals surface area contributed by atoms with E-state index in [9.17, 15) is 12.8 Å². The van der Waals surface area contributed by atoms with Crippen LogP contribution in [0.15, 0.2) is 44.4 Å². The smallest absolute Gasteiger partial charge is 0.207 e. The summed E-state index contributed by atoms with van der Waals surface area (Å²) in [6.07, 6.45) is 1.39. The molecule has 21 heavy (non-hydrogen) atoms. The fraction of sp³-hybridized carbons (Fsp3) is 0.286. The van der Waals surface area contributed by atoms with Crippen LogP contribution in [0.1, 0.15) is 24.4 Å². The van der Waals surface area contributed by atoms with Crippen LogP contribution in [0.3, 0.4) is 0 Å². The summed E-state index contributed by atoms with van der Waals surface area (Å²) in [6.45, 7) is 0.427. The fourth-order valence-electron chi connectivity index (χ4n) is 2.64. The first-order valence-corrected chi connectivity index (χ1v) is 9.57. The standard InChI is InChI=1S/C14H13BrFNO2S2/c15-13-7-8-14(20-13)21(18,19)17-9-3-6-12(17)10-4-1-2-5-11(10)16/h1-2,4-5,7-8,12H,3,6,9H2/t12-/m1/s1. The van der Waals surface area contributed by atoms with E-state index in [0.717, 1.165) is 10.2 Å². The third-order valence-electron chi connectivity index (χ3n) is 3.58. The molecular formula is C14H13BrFNO2S2. The Kier molecular flexibility index (Phi) is 4.18. The van der Waals surface area contributed by atoms with Crippen molar-refractivity contribution >= 4 is 37.3 Å². The van der Waals surface area contributed by atoms with Gasteiger partial charge in [0.15, 0.2) is 0 Å². The van der Waals surface area contributed by atoms with Crippen LogP contribution in [-0.4, -0.2) is 19.3 Å². The average Bonchev–Trinajstić information content (AvgIpc) is 3.08. The molecule has 0 radical (unpaired) electrons. The zero-order chi connectivity index (χ0) is 15.0. The first-order valence-electron chi connectivity index (χ1n) is 6.52. The van der Waals surface area contributed by atoms with Crippen LogP contribution in [0.2, 0.25) is 0 Å². The van der Waals surface area contributed by atoms with Crippen molar-refractivity contribution in [1.82, 2.24) is 4.31 Å². The number of thiophene rings is 1. The lowest BCUT2D eigenvalue weighted by atomic mass is 10.1. The zero-order valence-corrected chi connectivity index (χ0v) is 14.2. The molecule has 3 nitrogen and oxygen atoms in total. The van der Waals surface area contributed by atoms with Crippen molar-refractivity contribution in [3.05, 3.63) is 51.6 Å². The van der Waals surface area contributed by atoms with Gasteiger partial charge in [-0.05, 0) is 47.0 Å². The van der Waals surface area contributed by atoms with Crippen LogP contribution >= 0.6 is 27.3 Å². The maximum atomic E-state index is 14.0. The number of nitrogens with zero attached hydrogens (tertiary/aromatic N) is 1. The minimum absolute atomic E-state index is 0.289. The molecule has 2 heterocycles. The second-order valence-electron chi connectivity index (χ2n) is 4.85. The summed E-state index contributed by atoms with van der Waals surface area (Å²) in [6, 6.07) is 9.27. The molecule has 0 bridgehead atoms. The number of halogens is 2. The molecule has 1 aliphatic rings. The molecule has 1 aromatic carbocycles. The Balaban J connectivity index is 2.00. The molecule has 2 aromatic rings. The number of sulfonamides is 1. The van der Waals surface area contributed by atoms with Gasteiger partial charge in [-0.25, -0.2) is 12.8 Å². The van der Waals surface area contributed by atoms with Crippen molar-refractivity contribution in [3.63, 3.8) is 0 Å². The van der Waals surface area contributed by atoms with Crippen molar-refractivity contribution in [1.29, 1.82) is 0 Å². The Morgan fingerprint density at radius 2 is 2.00 bits per heavy atom. The molecule has 112 valence electrons. The highest BCUT2D eigenvalue weighted by atomic mass is 79.9. The lowest BCUT2D eigenvalue weighted by Crippen LogP contribution is -2.30. The summed E-state index contributed by atoms with van der Waals surface area (Å²) < 4.78 is 41.9. The highest BCUT2D eigenvalue weighted by Gasteiger charge is 2.37. The molecule has 0 aliphatic carbocycles. The summed E-state index contributed by atoms with van der Waals surface area (Å²) in [7, 11) is -3.58. The lowest BCUT2D eigenvalue weighted by Gasteiger charge is -2.24. The molecule has 0 amide bonds. The SMILES string of the molecule is O=S(=O)(c1ccc(Br)s1)N1CCC[C@@H]1c1ccccc1F. The van der Waals surface area contributed by atoms with Gasteiger partial charge in [0.2, 0.25) is 0 Å². The largest absolute Gasteiger partial charge is 0.253 e. The van der Waals surface area contributed by atoms with Gasteiger partial charge in [-0.2, -0.15) is 4.31 Å². The maximum Gasteiger partial charge on any atom is 0.253 e. The van der Waals surface area contributed by atoms with Crippen LogP contribution in [0.25, 0.3) is 0 Å². The van der Waals surface area contributed by atoms with E-state index in [1.54, 1.807) is 30.3 Å². The van der Waals surface area contributed by atoms with Gasteiger partial charge in [-0.1, -0.05) is 18.2 Å². The highest BCUT2D eigenvalue weighted by Crippen LogP contribution is 2.39. The Hall–Kier alpha value is -0.760. The molecule has 1 aromatic heterocycles. The molecule has 1 aliphatic heterocycles. The second-order valence-corrected chi connectivity index (χ2v) is 9.43. The minimum atomic E-state index is -3.58. The summed E-state index contributed by atoms with van der Waals surface area (Å²) in [4.78, 5) is 0. The van der Waals surface area contributed by atoms with Gasteiger partial charge in [0.1, 0.15) is 10.0 Å². The third kappa shape index (κ3) is 2.79. The first kappa shape index (κ1) is 15.1. The first-order chi connectivity index (χ1) is 10.00. The van der Waals surface area contributed by atoms with Crippen LogP contribution in [-0.2, 0) is 10.0 Å². The Morgan fingerprint density at radius 1 is 1.24 bits per heavy atom. The predicted octanol–water partition coefficient (Wildman–Crippen LogP) is 4.18. The Bertz CT molecular complexity index is 760. The van der Waals surface area contributed by atoms with Gasteiger partial charge in [-0.3, -0.25) is 0 Å². The van der Waals surface area contributed by atoms with Crippen molar-refractivity contribution in [2.75, 3.05) is 6.54 Å². The Labute approximate surface area is 135 Å². The van der Waals surface area contributed by atoms with E-state index >= 15 is 0 Å². The summed E-state index contributed by atoms with van der Waals surface area (Å²) in [5.74, 6) is -0.350. The van der Waals surface area contributed by atoms with Gasteiger partial charge in [0.25, 0.3) is 10.0 Å². The fourth-order valence-corrected chi connectivity index (χ4v) is 6.45. The molecular weight excluding hydrogens is 377 g/mol. The third-order valence-corrected chi connectivity index (χ3v) is 7.58. The second kappa shape index (κ2) is 5.79. The zero-order valence-electron chi connectivity index (χ0n) is 11.0. The van der Waals surface area contributed by atoms with Crippen LogP contribution in [0, 0.1) is 5.82 Å². The Morgan fingerprint density at radius 3 is 2.67 bits per heavy atom. The average molecular weight is 390 g/mol. The molecule has 1 fully saturated rings. The van der Waals surface area contributed by atoms with E-state index in [4.69, 9.17) is 0 Å². The van der Waals surface area contributed by atoms with Crippen LogP contribution in [0.4, 0.5) is 4.39 Å². The van der Waals surface area contributed by atoms with E-state index in [-0.39, 0.29) is 10.0 Å². The molecule has 1 atom stereocenters. The van der Waals surface area contributed by atoms with E-state index < -0.39 is 16.1 Å². The molecule has 0 spiro atoms. The molecule has 7 heteroatoms.